The van der Waals surface area contributed by atoms with Gasteiger partial charge in [0.15, 0.2) is 5.78 Å². The van der Waals surface area contributed by atoms with Crippen molar-refractivity contribution in [3.63, 3.8) is 0 Å². The van der Waals surface area contributed by atoms with E-state index in [9.17, 15) is 4.79 Å². The summed E-state index contributed by atoms with van der Waals surface area (Å²) < 4.78 is 12.2. The van der Waals surface area contributed by atoms with Crippen molar-refractivity contribution in [1.82, 2.24) is 0 Å². The van der Waals surface area contributed by atoms with Crippen LogP contribution in [-0.4, -0.2) is 12.9 Å². The summed E-state index contributed by atoms with van der Waals surface area (Å²) in [5.74, 6) is 1.41. The van der Waals surface area contributed by atoms with Crippen molar-refractivity contribution in [3.8, 4) is 11.5 Å². The van der Waals surface area contributed by atoms with Crippen LogP contribution >= 0.6 is 27.3 Å². The minimum absolute atomic E-state index is 0.112. The lowest BCUT2D eigenvalue weighted by Gasteiger charge is -2.24. The van der Waals surface area contributed by atoms with E-state index in [1.165, 1.54) is 4.88 Å². The first-order valence-corrected chi connectivity index (χ1v) is 7.83. The summed E-state index contributed by atoms with van der Waals surface area (Å²) in [7, 11) is 1.60. The number of hydrogen-bond acceptors (Lipinski definition) is 4. The third kappa shape index (κ3) is 2.36. The number of ether oxygens (including phenoxy) is 2. The Bertz CT molecular complexity index is 658. The molecule has 0 fully saturated rings. The van der Waals surface area contributed by atoms with Crippen LogP contribution in [0.3, 0.4) is 0 Å². The maximum atomic E-state index is 12.2. The molecule has 2 heterocycles. The molecule has 1 aliphatic rings. The lowest BCUT2D eigenvalue weighted by Crippen LogP contribution is -2.19. The Hall–Kier alpha value is -1.33. The minimum Gasteiger partial charge on any atom is -0.497 e. The van der Waals surface area contributed by atoms with E-state index in [4.69, 9.17) is 9.47 Å². The highest BCUT2D eigenvalue weighted by Gasteiger charge is 2.29. The molecular weight excluding hydrogens is 340 g/mol. The first-order valence-electron chi connectivity index (χ1n) is 6.22. The van der Waals surface area contributed by atoms with Crippen molar-refractivity contribution in [2.45, 2.75) is 19.4 Å². The molecule has 0 spiro atoms. The van der Waals surface area contributed by atoms with Gasteiger partial charge in [0.1, 0.15) is 17.6 Å². The fraction of sp³-hybridized carbons (Fsp3) is 0.267. The van der Waals surface area contributed by atoms with Gasteiger partial charge in [-0.2, -0.15) is 0 Å². The smallest absolute Gasteiger partial charge is 0.170 e. The van der Waals surface area contributed by atoms with Crippen molar-refractivity contribution in [3.05, 3.63) is 44.1 Å². The molecule has 20 heavy (non-hydrogen) atoms. The Morgan fingerprint density at radius 2 is 2.20 bits per heavy atom. The van der Waals surface area contributed by atoms with Crippen LogP contribution in [0.25, 0.3) is 0 Å². The summed E-state index contributed by atoms with van der Waals surface area (Å²) in [6.45, 7) is 2.04. The quantitative estimate of drug-likeness (QED) is 0.796. The summed E-state index contributed by atoms with van der Waals surface area (Å²) in [4.78, 5) is 14.5. The topological polar surface area (TPSA) is 35.5 Å². The molecule has 0 radical (unpaired) electrons. The summed E-state index contributed by atoms with van der Waals surface area (Å²) in [5.41, 5.74) is 0.634. The zero-order valence-electron chi connectivity index (χ0n) is 11.1. The summed E-state index contributed by atoms with van der Waals surface area (Å²) in [6.07, 6.45) is 0.170. The molecule has 1 aliphatic heterocycles. The van der Waals surface area contributed by atoms with Gasteiger partial charge < -0.3 is 9.47 Å². The van der Waals surface area contributed by atoms with Crippen LogP contribution in [0.2, 0.25) is 0 Å². The van der Waals surface area contributed by atoms with Crippen LogP contribution in [0.5, 0.6) is 11.5 Å². The lowest BCUT2D eigenvalue weighted by molar-refractivity contribution is 0.0853. The van der Waals surface area contributed by atoms with Crippen LogP contribution in [0.15, 0.2) is 28.7 Å². The molecule has 2 aromatic rings. The Morgan fingerprint density at radius 3 is 2.85 bits per heavy atom. The number of fused-ring (bicyclic) bond motifs is 1. The molecule has 3 rings (SSSR count). The molecule has 1 unspecified atom stereocenters. The summed E-state index contributed by atoms with van der Waals surface area (Å²) >= 11 is 5.15. The van der Waals surface area contributed by atoms with Crippen molar-refractivity contribution >= 4 is 33.0 Å². The molecule has 104 valence electrons. The number of carbonyl (C=O) groups excluding carboxylic acids is 1. The van der Waals surface area contributed by atoms with Gasteiger partial charge in [-0.25, -0.2) is 0 Å². The number of aryl methyl sites for hydroxylation is 1. The molecule has 5 heteroatoms. The lowest BCUT2D eigenvalue weighted by atomic mass is 10.00. The van der Waals surface area contributed by atoms with E-state index in [-0.39, 0.29) is 11.9 Å². The van der Waals surface area contributed by atoms with Crippen molar-refractivity contribution in [2.24, 2.45) is 0 Å². The van der Waals surface area contributed by atoms with Crippen LogP contribution in [0, 0.1) is 6.92 Å². The first-order chi connectivity index (χ1) is 9.58. The van der Waals surface area contributed by atoms with Crippen LogP contribution < -0.4 is 9.47 Å². The zero-order chi connectivity index (χ0) is 14.3. The van der Waals surface area contributed by atoms with Crippen molar-refractivity contribution in [2.75, 3.05) is 7.11 Å². The zero-order valence-corrected chi connectivity index (χ0v) is 13.5. The monoisotopic (exact) mass is 352 g/mol. The standard InChI is InChI=1S/C15H13BrO3S/c1-8-11(16)6-15(20-8)14-7-12(17)10-4-3-9(18-2)5-13(10)19-14/h3-6,14H,7H2,1-2H3. The molecular formula is C15H13BrO3S. The van der Waals surface area contributed by atoms with E-state index in [0.29, 0.717) is 23.5 Å². The number of methoxy groups -OCH3 is 1. The van der Waals surface area contributed by atoms with Gasteiger partial charge in [0.05, 0.1) is 19.1 Å². The van der Waals surface area contributed by atoms with Gasteiger partial charge >= 0.3 is 0 Å². The van der Waals surface area contributed by atoms with Gasteiger partial charge in [-0.3, -0.25) is 4.79 Å². The van der Waals surface area contributed by atoms with Crippen LogP contribution in [-0.2, 0) is 0 Å². The molecule has 1 aromatic heterocycles. The van der Waals surface area contributed by atoms with Crippen LogP contribution in [0.1, 0.15) is 32.6 Å². The molecule has 1 atom stereocenters. The van der Waals surface area contributed by atoms with Gasteiger partial charge in [-0.15, -0.1) is 11.3 Å². The highest BCUT2D eigenvalue weighted by atomic mass is 79.9. The molecule has 1 aromatic carbocycles. The summed E-state index contributed by atoms with van der Waals surface area (Å²) in [6, 6.07) is 7.35. The Kier molecular flexibility index (Phi) is 3.56. The van der Waals surface area contributed by atoms with Gasteiger partial charge in [-0.05, 0) is 41.1 Å². The van der Waals surface area contributed by atoms with E-state index in [2.05, 4.69) is 15.9 Å². The second-order valence-electron chi connectivity index (χ2n) is 4.65. The van der Waals surface area contributed by atoms with Crippen molar-refractivity contribution < 1.29 is 14.3 Å². The van der Waals surface area contributed by atoms with Gasteiger partial charge in [0.25, 0.3) is 0 Å². The third-order valence-corrected chi connectivity index (χ3v) is 5.55. The minimum atomic E-state index is -0.211. The van der Waals surface area contributed by atoms with E-state index in [1.54, 1.807) is 36.6 Å². The highest BCUT2D eigenvalue weighted by Crippen LogP contribution is 2.40. The predicted octanol–water partition coefficient (Wildman–Crippen LogP) is 4.53. The highest BCUT2D eigenvalue weighted by molar-refractivity contribution is 9.10. The molecule has 3 nitrogen and oxygen atoms in total. The fourth-order valence-corrected chi connectivity index (χ4v) is 3.82. The largest absolute Gasteiger partial charge is 0.497 e. The molecule has 0 bridgehead atoms. The number of hydrogen-bond donors (Lipinski definition) is 0. The maximum Gasteiger partial charge on any atom is 0.170 e. The average Bonchev–Trinajstić information content (AvgIpc) is 2.78. The molecule has 0 aliphatic carbocycles. The van der Waals surface area contributed by atoms with E-state index in [1.807, 2.05) is 13.0 Å². The Morgan fingerprint density at radius 1 is 1.40 bits per heavy atom. The van der Waals surface area contributed by atoms with E-state index in [0.717, 1.165) is 9.35 Å². The predicted molar refractivity (Wildman–Crippen MR) is 82.1 cm³/mol. The second-order valence-corrected chi connectivity index (χ2v) is 6.79. The molecule has 0 amide bonds. The number of carbonyl (C=O) groups is 1. The number of benzene rings is 1. The van der Waals surface area contributed by atoms with Gasteiger partial charge in [-0.1, -0.05) is 0 Å². The van der Waals surface area contributed by atoms with Gasteiger partial charge in [0, 0.05) is 20.3 Å². The molecule has 0 saturated heterocycles. The number of halogens is 1. The third-order valence-electron chi connectivity index (χ3n) is 3.32. The second kappa shape index (κ2) is 5.22. The average molecular weight is 353 g/mol. The van der Waals surface area contributed by atoms with Crippen molar-refractivity contribution in [1.29, 1.82) is 0 Å². The SMILES string of the molecule is COc1ccc2c(c1)OC(c1cc(Br)c(C)s1)CC2=O. The first kappa shape index (κ1) is 13.6. The van der Waals surface area contributed by atoms with Crippen LogP contribution in [0.4, 0.5) is 0 Å². The number of thiophene rings is 1. The number of Topliss-reactive ketones (excluding diaryl/α,β-unsaturated/α-hetero) is 1. The molecule has 0 saturated carbocycles. The fourth-order valence-electron chi connectivity index (χ4n) is 2.23. The number of ketones is 1. The normalized spacial score (nSPS) is 17.6. The summed E-state index contributed by atoms with van der Waals surface area (Å²) in [5, 5.41) is 0. The Labute approximate surface area is 129 Å². The molecule has 0 N–H and O–H groups in total. The number of rotatable bonds is 2. The van der Waals surface area contributed by atoms with E-state index < -0.39 is 0 Å². The Balaban J connectivity index is 1.96. The van der Waals surface area contributed by atoms with E-state index >= 15 is 0 Å². The van der Waals surface area contributed by atoms with Gasteiger partial charge in [0.2, 0.25) is 0 Å². The maximum absolute atomic E-state index is 12.2.